The molecule has 0 spiro atoms. The molecule has 0 atom stereocenters. The van der Waals surface area contributed by atoms with Gasteiger partial charge in [-0.3, -0.25) is 0 Å². The minimum absolute atomic E-state index is 0.787. The zero-order valence-electron chi connectivity index (χ0n) is 57.8. The molecule has 0 N–H and O–H groups in total. The molecule has 0 unspecified atom stereocenters. The Kier molecular flexibility index (Phi) is 47.7. The van der Waals surface area contributed by atoms with Crippen LogP contribution in [0.1, 0.15) is 363 Å². The maximum absolute atomic E-state index is 6.19. The molecule has 88 heavy (non-hydrogen) atoms. The van der Waals surface area contributed by atoms with E-state index < -0.39 is 0 Å². The predicted octanol–water partition coefficient (Wildman–Crippen LogP) is 26.9. The smallest absolute Gasteiger partial charge is 0.206 e. The molecule has 0 aliphatic heterocycles. The highest BCUT2D eigenvalue weighted by Crippen LogP contribution is 2.23. The molecular formula is C84H134NO3+. The number of hydrogen-bond donors (Lipinski definition) is 0. The summed E-state index contributed by atoms with van der Waals surface area (Å²) in [4.78, 5) is 0. The van der Waals surface area contributed by atoms with Crippen LogP contribution in [0.25, 0.3) is 36.5 Å². The van der Waals surface area contributed by atoms with Crippen molar-refractivity contribution in [1.82, 2.24) is 0 Å². The predicted molar refractivity (Wildman–Crippen MR) is 389 cm³/mol. The minimum atomic E-state index is 0.787. The second-order valence-corrected chi connectivity index (χ2v) is 26.4. The van der Waals surface area contributed by atoms with Gasteiger partial charge in [0.25, 0.3) is 0 Å². The Morgan fingerprint density at radius 3 is 0.625 bits per heavy atom. The number of rotatable bonds is 60. The SMILES string of the molecule is CCCCCCCCCCCCCCCCCCOc1ccc(/C=C/c2cc(/C=C/c3ccc(OCCCCCCCCCCCCCCCCCC)cc3)[n+](C)c(/C=C/c3ccc(OCCCCCCCCCCCCCCCCCC)cc3)c2)cc1. The summed E-state index contributed by atoms with van der Waals surface area (Å²) < 4.78 is 20.9. The number of nitrogens with zero attached hydrogens (tertiary/aromatic N) is 1. The van der Waals surface area contributed by atoms with Gasteiger partial charge in [-0.1, -0.05) is 358 Å². The normalized spacial score (nSPS) is 11.8. The Bertz CT molecular complexity index is 2160. The van der Waals surface area contributed by atoms with E-state index in [0.717, 1.165) is 90.0 Å². The van der Waals surface area contributed by atoms with Gasteiger partial charge in [-0.05, 0) is 90.1 Å². The first-order chi connectivity index (χ1) is 43.6. The highest BCUT2D eigenvalue weighted by atomic mass is 16.5. The van der Waals surface area contributed by atoms with E-state index in [1.165, 1.54) is 289 Å². The molecule has 0 radical (unpaired) electrons. The van der Waals surface area contributed by atoms with Gasteiger partial charge in [0.15, 0.2) is 0 Å². The number of benzene rings is 3. The van der Waals surface area contributed by atoms with Gasteiger partial charge in [0.2, 0.25) is 11.4 Å². The second-order valence-electron chi connectivity index (χ2n) is 26.4. The lowest BCUT2D eigenvalue weighted by atomic mass is 10.0. The monoisotopic (exact) mass is 1210 g/mol. The maximum Gasteiger partial charge on any atom is 0.206 e. The summed E-state index contributed by atoms with van der Waals surface area (Å²) in [6.45, 7) is 9.27. The van der Waals surface area contributed by atoms with Crippen molar-refractivity contribution in [2.24, 2.45) is 7.05 Å². The summed E-state index contributed by atoms with van der Waals surface area (Å²) in [5.41, 5.74) is 6.87. The molecule has 0 bridgehead atoms. The Labute approximate surface area is 544 Å². The van der Waals surface area contributed by atoms with Crippen LogP contribution >= 0.6 is 0 Å². The zero-order valence-corrected chi connectivity index (χ0v) is 57.8. The average molecular weight is 1210 g/mol. The van der Waals surface area contributed by atoms with Crippen LogP contribution in [0.3, 0.4) is 0 Å². The van der Waals surface area contributed by atoms with Gasteiger partial charge in [-0.2, -0.15) is 4.57 Å². The van der Waals surface area contributed by atoms with Crippen molar-refractivity contribution in [2.45, 2.75) is 329 Å². The van der Waals surface area contributed by atoms with Crippen molar-refractivity contribution in [3.63, 3.8) is 0 Å². The van der Waals surface area contributed by atoms with Crippen molar-refractivity contribution >= 4 is 36.5 Å². The van der Waals surface area contributed by atoms with Crippen LogP contribution in [0.15, 0.2) is 84.9 Å². The molecule has 0 saturated carbocycles. The third kappa shape index (κ3) is 40.9. The summed E-state index contributed by atoms with van der Waals surface area (Å²) >= 11 is 0. The van der Waals surface area contributed by atoms with Gasteiger partial charge in [-0.25, -0.2) is 0 Å². The third-order valence-electron chi connectivity index (χ3n) is 18.2. The van der Waals surface area contributed by atoms with E-state index in [1.807, 2.05) is 0 Å². The molecule has 0 saturated heterocycles. The fourth-order valence-electron chi connectivity index (χ4n) is 12.2. The summed E-state index contributed by atoms with van der Waals surface area (Å²) in [5, 5.41) is 0. The van der Waals surface area contributed by atoms with Gasteiger partial charge in [0, 0.05) is 24.3 Å². The topological polar surface area (TPSA) is 31.6 Å². The van der Waals surface area contributed by atoms with E-state index in [1.54, 1.807) is 0 Å². The van der Waals surface area contributed by atoms with E-state index in [9.17, 15) is 0 Å². The van der Waals surface area contributed by atoms with Crippen LogP contribution in [0.5, 0.6) is 17.2 Å². The third-order valence-corrected chi connectivity index (χ3v) is 18.2. The summed E-state index contributed by atoms with van der Waals surface area (Å²) in [7, 11) is 2.16. The summed E-state index contributed by atoms with van der Waals surface area (Å²) in [6.07, 6.45) is 79.7. The number of ether oxygens (including phenoxy) is 3. The fraction of sp³-hybridized carbons (Fsp3) is 0.655. The van der Waals surface area contributed by atoms with Gasteiger partial charge < -0.3 is 14.2 Å². The highest BCUT2D eigenvalue weighted by Gasteiger charge is 2.12. The molecule has 3 aromatic carbocycles. The molecule has 4 heteroatoms. The van der Waals surface area contributed by atoms with Gasteiger partial charge in [0.05, 0.1) is 19.8 Å². The first-order valence-corrected chi connectivity index (χ1v) is 37.8. The van der Waals surface area contributed by atoms with Crippen LogP contribution in [0, 0.1) is 0 Å². The molecule has 1 heterocycles. The first kappa shape index (κ1) is 75.9. The van der Waals surface area contributed by atoms with E-state index in [2.05, 4.69) is 154 Å². The fourth-order valence-corrected chi connectivity index (χ4v) is 12.2. The van der Waals surface area contributed by atoms with E-state index in [4.69, 9.17) is 14.2 Å². The van der Waals surface area contributed by atoms with Gasteiger partial charge >= 0.3 is 0 Å². The standard InChI is InChI=1S/C84H134NO3/c1-5-8-11-14-17-20-23-26-29-32-35-38-41-44-47-50-71-86-82-65-57-76(58-66-82)53-54-79-74-80(63-55-77-59-67-83(68-60-77)87-72-51-48-45-42-39-36-33-30-27-24-21-18-15-12-9-6-2)85(4)81(75-79)64-56-78-61-69-84(70-62-78)88-73-52-49-46-43-40-37-34-31-28-25-22-19-16-13-10-7-3/h53-70,74-75H,5-52,71-73H2,1-4H3/q+1/b54-53+,63-55+,64-56+. The van der Waals surface area contributed by atoms with E-state index in [-0.39, 0.29) is 0 Å². The number of hydrogen-bond acceptors (Lipinski definition) is 3. The Balaban J connectivity index is 1.21. The number of unbranched alkanes of at least 4 members (excludes halogenated alkanes) is 45. The summed E-state index contributed by atoms with van der Waals surface area (Å²) in [6, 6.07) is 30.3. The van der Waals surface area contributed by atoms with Crippen molar-refractivity contribution in [3.05, 3.63) is 119 Å². The van der Waals surface area contributed by atoms with Crippen LogP contribution < -0.4 is 18.8 Å². The molecule has 1 aromatic heterocycles. The minimum Gasteiger partial charge on any atom is -0.494 e. The van der Waals surface area contributed by atoms with E-state index in [0.29, 0.717) is 0 Å². The summed E-state index contributed by atoms with van der Waals surface area (Å²) in [5.74, 6) is 2.86. The molecule has 492 valence electrons. The van der Waals surface area contributed by atoms with Crippen molar-refractivity contribution in [1.29, 1.82) is 0 Å². The average Bonchev–Trinajstić information content (AvgIpc) is 2.34. The molecule has 4 nitrogen and oxygen atoms in total. The molecule has 4 aromatic rings. The van der Waals surface area contributed by atoms with Crippen LogP contribution in [-0.4, -0.2) is 19.8 Å². The lowest BCUT2D eigenvalue weighted by Gasteiger charge is -2.07. The Hall–Kier alpha value is -4.57. The van der Waals surface area contributed by atoms with Crippen LogP contribution in [0.4, 0.5) is 0 Å². The molecule has 0 aliphatic carbocycles. The van der Waals surface area contributed by atoms with Crippen molar-refractivity contribution < 1.29 is 18.8 Å². The maximum atomic E-state index is 6.19. The van der Waals surface area contributed by atoms with Crippen molar-refractivity contribution in [2.75, 3.05) is 19.8 Å². The lowest BCUT2D eigenvalue weighted by Crippen LogP contribution is -2.35. The van der Waals surface area contributed by atoms with Crippen LogP contribution in [-0.2, 0) is 7.05 Å². The quantitative estimate of drug-likeness (QED) is 0.0326. The number of aromatic nitrogens is 1. The van der Waals surface area contributed by atoms with E-state index >= 15 is 0 Å². The molecule has 0 amide bonds. The molecule has 0 aliphatic rings. The van der Waals surface area contributed by atoms with Gasteiger partial charge in [0.1, 0.15) is 24.3 Å². The molecule has 0 fully saturated rings. The lowest BCUT2D eigenvalue weighted by molar-refractivity contribution is -0.675. The first-order valence-electron chi connectivity index (χ1n) is 37.8. The number of pyridine rings is 1. The Morgan fingerprint density at radius 2 is 0.409 bits per heavy atom. The Morgan fingerprint density at radius 1 is 0.227 bits per heavy atom. The molecular weight excluding hydrogens is 1070 g/mol. The van der Waals surface area contributed by atoms with Crippen molar-refractivity contribution in [3.8, 4) is 17.2 Å². The zero-order chi connectivity index (χ0) is 62.1. The molecule has 4 rings (SSSR count). The van der Waals surface area contributed by atoms with Crippen LogP contribution in [0.2, 0.25) is 0 Å². The highest BCUT2D eigenvalue weighted by molar-refractivity contribution is 5.75. The largest absolute Gasteiger partial charge is 0.494 e. The van der Waals surface area contributed by atoms with Gasteiger partial charge in [-0.15, -0.1) is 0 Å². The second kappa shape index (κ2) is 55.3.